The maximum Gasteiger partial charge on any atom is 0.107 e. The first kappa shape index (κ1) is 16.0. The standard InChI is InChI=1S/C17H25N3S/c1-13-6-8-15(9-7-13)20(5)11-14-12-21-16(19-14)10-18-17(2,3)4/h6-9,12,18H,10-11H2,1-5H3. The molecule has 0 aliphatic rings. The van der Waals surface area contributed by atoms with Crippen molar-refractivity contribution in [2.75, 3.05) is 11.9 Å². The lowest BCUT2D eigenvalue weighted by atomic mass is 10.1. The number of nitrogens with one attached hydrogen (secondary N) is 1. The molecule has 0 unspecified atom stereocenters. The van der Waals surface area contributed by atoms with Gasteiger partial charge in [-0.1, -0.05) is 17.7 Å². The zero-order valence-corrected chi connectivity index (χ0v) is 14.4. The van der Waals surface area contributed by atoms with Crippen molar-refractivity contribution in [1.29, 1.82) is 0 Å². The van der Waals surface area contributed by atoms with E-state index in [-0.39, 0.29) is 5.54 Å². The number of aryl methyl sites for hydroxylation is 1. The molecule has 0 saturated heterocycles. The van der Waals surface area contributed by atoms with E-state index in [0.717, 1.165) is 23.8 Å². The molecule has 0 amide bonds. The summed E-state index contributed by atoms with van der Waals surface area (Å²) in [6, 6.07) is 8.60. The van der Waals surface area contributed by atoms with Gasteiger partial charge in [-0.2, -0.15) is 0 Å². The Kier molecular flexibility index (Phi) is 5.01. The number of thiazole rings is 1. The van der Waals surface area contributed by atoms with Gasteiger partial charge in [0.05, 0.1) is 12.2 Å². The molecule has 0 atom stereocenters. The van der Waals surface area contributed by atoms with Gasteiger partial charge in [0.2, 0.25) is 0 Å². The molecular formula is C17H25N3S. The van der Waals surface area contributed by atoms with Gasteiger partial charge in [0.1, 0.15) is 5.01 Å². The van der Waals surface area contributed by atoms with Crippen LogP contribution < -0.4 is 10.2 Å². The molecule has 0 saturated carbocycles. The molecule has 0 spiro atoms. The summed E-state index contributed by atoms with van der Waals surface area (Å²) in [5.74, 6) is 0. The van der Waals surface area contributed by atoms with E-state index in [1.165, 1.54) is 11.3 Å². The Morgan fingerprint density at radius 2 is 1.86 bits per heavy atom. The van der Waals surface area contributed by atoms with E-state index in [1.54, 1.807) is 11.3 Å². The Balaban J connectivity index is 1.94. The number of hydrogen-bond donors (Lipinski definition) is 1. The lowest BCUT2D eigenvalue weighted by molar-refractivity contribution is 0.423. The zero-order valence-electron chi connectivity index (χ0n) is 13.6. The van der Waals surface area contributed by atoms with Crippen LogP contribution in [-0.2, 0) is 13.1 Å². The minimum absolute atomic E-state index is 0.129. The van der Waals surface area contributed by atoms with Crippen molar-refractivity contribution in [1.82, 2.24) is 10.3 Å². The van der Waals surface area contributed by atoms with E-state index in [2.05, 4.69) is 74.6 Å². The minimum Gasteiger partial charge on any atom is -0.369 e. The number of aromatic nitrogens is 1. The number of anilines is 1. The summed E-state index contributed by atoms with van der Waals surface area (Å²) >= 11 is 1.73. The molecule has 3 nitrogen and oxygen atoms in total. The summed E-state index contributed by atoms with van der Waals surface area (Å²) in [5.41, 5.74) is 3.78. The van der Waals surface area contributed by atoms with E-state index in [0.29, 0.717) is 0 Å². The molecule has 114 valence electrons. The van der Waals surface area contributed by atoms with Crippen LogP contribution in [0.2, 0.25) is 0 Å². The average molecular weight is 303 g/mol. The van der Waals surface area contributed by atoms with Gasteiger partial charge >= 0.3 is 0 Å². The smallest absolute Gasteiger partial charge is 0.107 e. The second-order valence-corrected chi connectivity index (χ2v) is 7.47. The molecule has 1 aromatic heterocycles. The number of hydrogen-bond acceptors (Lipinski definition) is 4. The SMILES string of the molecule is Cc1ccc(N(C)Cc2csc(CNC(C)(C)C)n2)cc1. The first-order chi connectivity index (χ1) is 9.83. The first-order valence-electron chi connectivity index (χ1n) is 7.29. The predicted molar refractivity (Wildman–Crippen MR) is 92.0 cm³/mol. The van der Waals surface area contributed by atoms with Crippen LogP contribution in [0.1, 0.15) is 37.0 Å². The van der Waals surface area contributed by atoms with Crippen molar-refractivity contribution in [2.45, 2.75) is 46.3 Å². The molecule has 1 aromatic carbocycles. The van der Waals surface area contributed by atoms with E-state index >= 15 is 0 Å². The Hall–Kier alpha value is -1.39. The van der Waals surface area contributed by atoms with Gasteiger partial charge in [-0.25, -0.2) is 4.98 Å². The van der Waals surface area contributed by atoms with E-state index in [9.17, 15) is 0 Å². The fraction of sp³-hybridized carbons (Fsp3) is 0.471. The first-order valence-corrected chi connectivity index (χ1v) is 8.17. The summed E-state index contributed by atoms with van der Waals surface area (Å²) in [6.07, 6.45) is 0. The third kappa shape index (κ3) is 5.14. The summed E-state index contributed by atoms with van der Waals surface area (Å²) in [4.78, 5) is 6.94. The van der Waals surface area contributed by atoms with Gasteiger partial charge in [-0.05, 0) is 39.8 Å². The number of nitrogens with zero attached hydrogens (tertiary/aromatic N) is 2. The Morgan fingerprint density at radius 1 is 1.19 bits per heavy atom. The number of benzene rings is 1. The Labute approximate surface area is 132 Å². The lowest BCUT2D eigenvalue weighted by Gasteiger charge is -2.19. The van der Waals surface area contributed by atoms with Crippen LogP contribution in [0, 0.1) is 6.92 Å². The second-order valence-electron chi connectivity index (χ2n) is 6.53. The zero-order chi connectivity index (χ0) is 15.5. The van der Waals surface area contributed by atoms with Gasteiger partial charge < -0.3 is 10.2 Å². The summed E-state index contributed by atoms with van der Waals surface area (Å²) in [6.45, 7) is 10.3. The lowest BCUT2D eigenvalue weighted by Crippen LogP contribution is -2.35. The molecule has 0 radical (unpaired) electrons. The Morgan fingerprint density at radius 3 is 2.48 bits per heavy atom. The topological polar surface area (TPSA) is 28.2 Å². The number of rotatable bonds is 5. The van der Waals surface area contributed by atoms with Crippen LogP contribution in [0.4, 0.5) is 5.69 Å². The van der Waals surface area contributed by atoms with Crippen molar-refractivity contribution < 1.29 is 0 Å². The van der Waals surface area contributed by atoms with Gasteiger partial charge in [-0.15, -0.1) is 11.3 Å². The quantitative estimate of drug-likeness (QED) is 0.905. The molecule has 0 aliphatic carbocycles. The molecule has 0 aliphatic heterocycles. The molecule has 0 bridgehead atoms. The fourth-order valence-electron chi connectivity index (χ4n) is 1.98. The summed E-state index contributed by atoms with van der Waals surface area (Å²) < 4.78 is 0. The van der Waals surface area contributed by atoms with Crippen molar-refractivity contribution in [3.63, 3.8) is 0 Å². The van der Waals surface area contributed by atoms with Gasteiger partial charge in [0, 0.05) is 30.2 Å². The summed E-state index contributed by atoms with van der Waals surface area (Å²) in [7, 11) is 2.11. The van der Waals surface area contributed by atoms with E-state index in [1.807, 2.05) is 0 Å². The predicted octanol–water partition coefficient (Wildman–Crippen LogP) is 3.98. The highest BCUT2D eigenvalue weighted by Crippen LogP contribution is 2.18. The van der Waals surface area contributed by atoms with Crippen molar-refractivity contribution in [3.8, 4) is 0 Å². The average Bonchev–Trinajstić information content (AvgIpc) is 2.84. The molecule has 0 fully saturated rings. The maximum absolute atomic E-state index is 4.71. The van der Waals surface area contributed by atoms with Crippen LogP contribution >= 0.6 is 11.3 Å². The molecule has 21 heavy (non-hydrogen) atoms. The van der Waals surface area contributed by atoms with Crippen molar-refractivity contribution in [3.05, 3.63) is 45.9 Å². The van der Waals surface area contributed by atoms with Crippen LogP contribution in [0.25, 0.3) is 0 Å². The van der Waals surface area contributed by atoms with Crippen LogP contribution in [-0.4, -0.2) is 17.6 Å². The highest BCUT2D eigenvalue weighted by Gasteiger charge is 2.11. The molecule has 1 N–H and O–H groups in total. The maximum atomic E-state index is 4.71. The molecule has 2 rings (SSSR count). The van der Waals surface area contributed by atoms with Gasteiger partial charge in [0.25, 0.3) is 0 Å². The monoisotopic (exact) mass is 303 g/mol. The van der Waals surface area contributed by atoms with Gasteiger partial charge in [0.15, 0.2) is 0 Å². The minimum atomic E-state index is 0.129. The van der Waals surface area contributed by atoms with Gasteiger partial charge in [-0.3, -0.25) is 0 Å². The highest BCUT2D eigenvalue weighted by atomic mass is 32.1. The van der Waals surface area contributed by atoms with E-state index in [4.69, 9.17) is 4.98 Å². The van der Waals surface area contributed by atoms with Crippen LogP contribution in [0.15, 0.2) is 29.6 Å². The third-order valence-corrected chi connectivity index (χ3v) is 4.14. The van der Waals surface area contributed by atoms with Crippen molar-refractivity contribution in [2.24, 2.45) is 0 Å². The molecule has 2 aromatic rings. The van der Waals surface area contributed by atoms with E-state index < -0.39 is 0 Å². The largest absolute Gasteiger partial charge is 0.369 e. The fourth-order valence-corrected chi connectivity index (χ4v) is 2.70. The molecule has 1 heterocycles. The molecular weight excluding hydrogens is 278 g/mol. The second kappa shape index (κ2) is 6.58. The van der Waals surface area contributed by atoms with Crippen molar-refractivity contribution >= 4 is 17.0 Å². The molecule has 4 heteroatoms. The normalized spacial score (nSPS) is 11.7. The van der Waals surface area contributed by atoms with Crippen LogP contribution in [0.5, 0.6) is 0 Å². The highest BCUT2D eigenvalue weighted by molar-refractivity contribution is 7.09. The van der Waals surface area contributed by atoms with Crippen LogP contribution in [0.3, 0.4) is 0 Å². The summed E-state index contributed by atoms with van der Waals surface area (Å²) in [5, 5.41) is 6.78. The Bertz CT molecular complexity index is 566. The third-order valence-electron chi connectivity index (χ3n) is 3.24.